The minimum atomic E-state index is -1.30. The average Bonchev–Trinajstić information content (AvgIpc) is 3.49. The Morgan fingerprint density at radius 2 is 0.840 bits per heavy atom. The highest BCUT2D eigenvalue weighted by molar-refractivity contribution is 6.25. The van der Waals surface area contributed by atoms with Crippen LogP contribution >= 0.6 is 0 Å². The molecule has 2 aliphatic heterocycles. The molecule has 0 radical (unpaired) electrons. The fourth-order valence-corrected chi connectivity index (χ4v) is 7.79. The molecule has 1 saturated carbocycles. The van der Waals surface area contributed by atoms with E-state index in [-0.39, 0.29) is 5.91 Å². The van der Waals surface area contributed by atoms with Crippen molar-refractivity contribution in [2.24, 2.45) is 23.7 Å². The summed E-state index contributed by atoms with van der Waals surface area (Å²) in [5, 5.41) is 11.8. The first-order valence-corrected chi connectivity index (χ1v) is 16.3. The van der Waals surface area contributed by atoms with Crippen molar-refractivity contribution in [1.29, 1.82) is 0 Å². The van der Waals surface area contributed by atoms with Crippen molar-refractivity contribution in [3.05, 3.63) is 135 Å². The van der Waals surface area contributed by atoms with E-state index in [1.807, 2.05) is 72.8 Å². The van der Waals surface area contributed by atoms with Gasteiger partial charge in [0, 0.05) is 83.4 Å². The summed E-state index contributed by atoms with van der Waals surface area (Å²) >= 11 is 0. The molecule has 4 aromatic heterocycles. The van der Waals surface area contributed by atoms with Crippen molar-refractivity contribution in [3.63, 3.8) is 0 Å². The van der Waals surface area contributed by atoms with Gasteiger partial charge in [-0.3, -0.25) is 39.2 Å². The van der Waals surface area contributed by atoms with Gasteiger partial charge in [0.15, 0.2) is 0 Å². The molecule has 2 saturated heterocycles. The molecule has 242 valence electrons. The van der Waals surface area contributed by atoms with Gasteiger partial charge in [-0.2, -0.15) is 0 Å². The van der Waals surface area contributed by atoms with Crippen molar-refractivity contribution in [2.45, 2.75) is 6.23 Å². The summed E-state index contributed by atoms with van der Waals surface area (Å²) in [5.74, 6) is -4.52. The minimum Gasteiger partial charge on any atom is -0.373 e. The first-order chi connectivity index (χ1) is 24.5. The molecule has 50 heavy (non-hydrogen) atoms. The molecule has 9 rings (SSSR count). The maximum atomic E-state index is 14.2. The van der Waals surface area contributed by atoms with Crippen LogP contribution in [0.15, 0.2) is 135 Å². The quantitative estimate of drug-likeness (QED) is 0.228. The van der Waals surface area contributed by atoms with Gasteiger partial charge in [-0.25, -0.2) is 4.90 Å². The number of aromatic nitrogens is 4. The molecule has 3 amide bonds. The summed E-state index contributed by atoms with van der Waals surface area (Å²) in [6.45, 7) is 0. The van der Waals surface area contributed by atoms with E-state index in [1.165, 1.54) is 9.80 Å². The van der Waals surface area contributed by atoms with Gasteiger partial charge >= 0.3 is 0 Å². The summed E-state index contributed by atoms with van der Waals surface area (Å²) in [6.07, 6.45) is 12.3. The van der Waals surface area contributed by atoms with Gasteiger partial charge in [-0.15, -0.1) is 0 Å². The molecule has 3 aliphatic rings. The molecule has 1 N–H and O–H groups in total. The molecule has 0 spiro atoms. The number of fused-ring (bicyclic) bond motifs is 4. The molecule has 5 atom stereocenters. The number of benzene rings is 2. The highest BCUT2D eigenvalue weighted by Gasteiger charge is 2.73. The third kappa shape index (κ3) is 4.64. The third-order valence-electron chi connectivity index (χ3n) is 10.1. The van der Waals surface area contributed by atoms with Crippen LogP contribution < -0.4 is 9.80 Å². The number of anilines is 2. The molecule has 6 aromatic rings. The predicted molar refractivity (Wildman–Crippen MR) is 186 cm³/mol. The lowest BCUT2D eigenvalue weighted by Crippen LogP contribution is -2.51. The Balaban J connectivity index is 1.08. The zero-order chi connectivity index (χ0) is 33.9. The molecule has 1 aliphatic carbocycles. The number of hydrogen-bond acceptors (Lipinski definition) is 8. The van der Waals surface area contributed by atoms with Crippen LogP contribution in [0.5, 0.6) is 0 Å². The van der Waals surface area contributed by atoms with Crippen molar-refractivity contribution in [2.75, 3.05) is 9.80 Å². The maximum Gasteiger partial charge on any atom is 0.238 e. The molecular formula is C40H28N6O4. The Kier molecular flexibility index (Phi) is 6.92. The first kappa shape index (κ1) is 29.7. The number of rotatable bonds is 6. The number of hydrogen-bond donors (Lipinski definition) is 1. The minimum absolute atomic E-state index is 0.382. The van der Waals surface area contributed by atoms with Crippen LogP contribution in [0.1, 0.15) is 0 Å². The lowest BCUT2D eigenvalue weighted by Gasteiger charge is -2.39. The number of imide groups is 1. The monoisotopic (exact) mass is 656 g/mol. The summed E-state index contributed by atoms with van der Waals surface area (Å²) < 4.78 is 0. The predicted octanol–water partition coefficient (Wildman–Crippen LogP) is 5.65. The Hall–Kier alpha value is -6.39. The van der Waals surface area contributed by atoms with Gasteiger partial charge in [0.25, 0.3) is 0 Å². The van der Waals surface area contributed by atoms with Crippen LogP contribution in [-0.4, -0.2) is 49.0 Å². The lowest BCUT2D eigenvalue weighted by molar-refractivity contribution is -0.145. The summed E-state index contributed by atoms with van der Waals surface area (Å²) in [6, 6.07) is 26.2. The maximum absolute atomic E-state index is 14.2. The fraction of sp³-hybridized carbons (Fsp3) is 0.125. The molecule has 0 bridgehead atoms. The van der Waals surface area contributed by atoms with Gasteiger partial charge in [0.1, 0.15) is 6.23 Å². The highest BCUT2D eigenvalue weighted by atomic mass is 16.3. The zero-order valence-electron chi connectivity index (χ0n) is 26.4. The lowest BCUT2D eigenvalue weighted by atomic mass is 9.58. The largest absolute Gasteiger partial charge is 0.373 e. The van der Waals surface area contributed by atoms with Gasteiger partial charge in [0.05, 0.1) is 23.4 Å². The average molecular weight is 657 g/mol. The van der Waals surface area contributed by atoms with Crippen molar-refractivity contribution in [1.82, 2.24) is 19.9 Å². The van der Waals surface area contributed by atoms with E-state index in [4.69, 9.17) is 0 Å². The summed E-state index contributed by atoms with van der Waals surface area (Å²) in [5.41, 5.74) is 7.31. The Bertz CT molecular complexity index is 2170. The molecule has 4 unspecified atom stereocenters. The number of amides is 3. The molecule has 10 nitrogen and oxygen atoms in total. The van der Waals surface area contributed by atoms with Crippen LogP contribution in [0.4, 0.5) is 11.4 Å². The van der Waals surface area contributed by atoms with Crippen molar-refractivity contribution >= 4 is 29.1 Å². The van der Waals surface area contributed by atoms with E-state index >= 15 is 0 Å². The van der Waals surface area contributed by atoms with Gasteiger partial charge in [-0.1, -0.05) is 24.3 Å². The Labute approximate surface area is 286 Å². The third-order valence-corrected chi connectivity index (χ3v) is 10.1. The van der Waals surface area contributed by atoms with Crippen LogP contribution in [-0.2, 0) is 14.4 Å². The van der Waals surface area contributed by atoms with E-state index in [0.29, 0.717) is 11.4 Å². The summed E-state index contributed by atoms with van der Waals surface area (Å²) in [4.78, 5) is 62.2. The smallest absolute Gasteiger partial charge is 0.238 e. The number of pyridine rings is 4. The fourth-order valence-electron chi connectivity index (χ4n) is 7.79. The second kappa shape index (κ2) is 11.6. The van der Waals surface area contributed by atoms with Gasteiger partial charge < -0.3 is 5.11 Å². The summed E-state index contributed by atoms with van der Waals surface area (Å²) in [7, 11) is 0. The van der Waals surface area contributed by atoms with E-state index in [9.17, 15) is 19.5 Å². The molecule has 3 fully saturated rings. The Morgan fingerprint density at radius 1 is 0.460 bits per heavy atom. The zero-order valence-corrected chi connectivity index (χ0v) is 26.4. The molecule has 6 heterocycles. The topological polar surface area (TPSA) is 129 Å². The highest BCUT2D eigenvalue weighted by Crippen LogP contribution is 2.59. The van der Waals surface area contributed by atoms with E-state index in [0.717, 1.165) is 44.5 Å². The molecule has 10 heteroatoms. The van der Waals surface area contributed by atoms with Crippen molar-refractivity contribution in [3.8, 4) is 44.5 Å². The molecule has 2 aromatic carbocycles. The number of aliphatic hydroxyl groups excluding tert-OH is 1. The number of carbonyl (C=O) groups excluding carboxylic acids is 3. The van der Waals surface area contributed by atoms with Crippen LogP contribution in [0.3, 0.4) is 0 Å². The second-order valence-corrected chi connectivity index (χ2v) is 12.8. The van der Waals surface area contributed by atoms with Crippen LogP contribution in [0.25, 0.3) is 44.5 Å². The van der Waals surface area contributed by atoms with E-state index in [2.05, 4.69) is 19.9 Å². The standard InChI is InChI=1S/C40H28N6O4/c47-37-33-34(38(48)45(37)31-15-27(23-5-1-9-41-19-23)13-28(16-31)24-6-2-10-42-20-24)36-35(33)39(49)46(40(36)50)32-17-29(25-7-3-11-43-21-25)14-30(18-32)26-8-4-12-44-22-26/h1-22,33-37,47H/t33?,34?,35?,36?,37-/m0/s1. The van der Waals surface area contributed by atoms with E-state index < -0.39 is 41.7 Å². The number of nitrogens with zero attached hydrogens (tertiary/aromatic N) is 6. The van der Waals surface area contributed by atoms with Crippen LogP contribution in [0.2, 0.25) is 0 Å². The van der Waals surface area contributed by atoms with Gasteiger partial charge in [-0.05, 0) is 82.9 Å². The van der Waals surface area contributed by atoms with Gasteiger partial charge in [0.2, 0.25) is 17.7 Å². The number of aliphatic hydroxyl groups is 1. The normalized spacial score (nSPS) is 22.3. The van der Waals surface area contributed by atoms with Crippen molar-refractivity contribution < 1.29 is 19.5 Å². The first-order valence-electron chi connectivity index (χ1n) is 16.3. The Morgan fingerprint density at radius 3 is 1.24 bits per heavy atom. The molecular weight excluding hydrogens is 628 g/mol. The second-order valence-electron chi connectivity index (χ2n) is 12.8. The number of carbonyl (C=O) groups is 3. The van der Waals surface area contributed by atoms with Crippen LogP contribution in [0, 0.1) is 23.7 Å². The van der Waals surface area contributed by atoms with E-state index in [1.54, 1.807) is 61.7 Å². The SMILES string of the molecule is O=C1C2C(C(=O)N1c1cc(-c3cccnc3)cc(-c3cccnc3)c1)C1C2C(=O)N(c2cc(-c3cccnc3)cc(-c3cccnc3)c2)[C@H]1O.